The second kappa shape index (κ2) is 39.3. The van der Waals surface area contributed by atoms with Crippen LogP contribution in [-0.4, -0.2) is 176 Å². The molecule has 0 fully saturated rings. The van der Waals surface area contributed by atoms with E-state index in [4.69, 9.17) is 67.5 Å². The Balaban J connectivity index is 3.05. The first kappa shape index (κ1) is 42.3. The van der Waals surface area contributed by atoms with Crippen LogP contribution in [0.5, 0.6) is 0 Å². The zero-order chi connectivity index (χ0) is 31.9. The first-order valence-corrected chi connectivity index (χ1v) is 14.9. The van der Waals surface area contributed by atoms with Gasteiger partial charge in [0.2, 0.25) is 0 Å². The van der Waals surface area contributed by atoms with Gasteiger partial charge in [-0.3, -0.25) is 4.79 Å². The molecule has 0 spiro atoms. The highest BCUT2D eigenvalue weighted by Crippen LogP contribution is 1.88. The van der Waals surface area contributed by atoms with Crippen molar-refractivity contribution in [2.45, 2.75) is 6.42 Å². The summed E-state index contributed by atoms with van der Waals surface area (Å²) in [6.07, 6.45) is -0.00515. The van der Waals surface area contributed by atoms with Crippen LogP contribution in [0.4, 0.5) is 0 Å². The van der Waals surface area contributed by atoms with E-state index >= 15 is 0 Å². The van der Waals surface area contributed by atoms with Crippen molar-refractivity contribution >= 4 is 5.97 Å². The molecule has 0 rings (SSSR count). The number of aliphatic carboxylic acids is 1. The molecule has 0 aliphatic rings. The van der Waals surface area contributed by atoms with Gasteiger partial charge in [-0.05, 0) is 5.53 Å². The maximum Gasteiger partial charge on any atom is 0.305 e. The summed E-state index contributed by atoms with van der Waals surface area (Å²) in [6, 6.07) is 0. The Morgan fingerprint density at radius 3 is 0.818 bits per heavy atom. The summed E-state index contributed by atoms with van der Waals surface area (Å²) in [7, 11) is 0. The topological polar surface area (TPSA) is 197 Å². The van der Waals surface area contributed by atoms with Crippen LogP contribution in [0.1, 0.15) is 6.42 Å². The fraction of sp³-hybridized carbons (Fsp3) is 0.963. The number of hydrogen-bond acceptors (Lipinski definition) is 14. The number of carbonyl (C=O) groups is 1. The van der Waals surface area contributed by atoms with E-state index in [1.54, 1.807) is 0 Å². The lowest BCUT2D eigenvalue weighted by Crippen LogP contribution is -2.15. The van der Waals surface area contributed by atoms with Crippen LogP contribution < -0.4 is 0 Å². The zero-order valence-corrected chi connectivity index (χ0v) is 26.0. The van der Waals surface area contributed by atoms with Gasteiger partial charge in [-0.2, -0.15) is 0 Å². The van der Waals surface area contributed by atoms with Gasteiger partial charge in [0.1, 0.15) is 0 Å². The van der Waals surface area contributed by atoms with Crippen molar-refractivity contribution in [3.63, 3.8) is 0 Å². The van der Waals surface area contributed by atoms with E-state index in [1.165, 1.54) is 0 Å². The molecule has 1 N–H and O–H groups in total. The summed E-state index contributed by atoms with van der Waals surface area (Å²) in [4.78, 5) is 13.0. The highest BCUT2D eigenvalue weighted by Gasteiger charge is 1.98. The average Bonchev–Trinajstić information content (AvgIpc) is 3.02. The number of carboxylic acid groups (broad SMARTS) is 1. The average molecular weight is 644 g/mol. The quantitative estimate of drug-likeness (QED) is 0.0430. The molecule has 0 aliphatic heterocycles. The third kappa shape index (κ3) is 40.3. The van der Waals surface area contributed by atoms with Crippen molar-refractivity contribution < 1.29 is 66.7 Å². The van der Waals surface area contributed by atoms with Gasteiger partial charge in [0.25, 0.3) is 0 Å². The Kier molecular flexibility index (Phi) is 37.8. The normalized spacial score (nSPS) is 11.2. The van der Waals surface area contributed by atoms with Crippen LogP contribution in [0.25, 0.3) is 10.4 Å². The highest BCUT2D eigenvalue weighted by molar-refractivity contribution is 5.66. The van der Waals surface area contributed by atoms with Crippen molar-refractivity contribution in [2.75, 3.05) is 165 Å². The first-order valence-electron chi connectivity index (χ1n) is 14.9. The van der Waals surface area contributed by atoms with Gasteiger partial charge in [0, 0.05) is 11.5 Å². The van der Waals surface area contributed by atoms with E-state index in [2.05, 4.69) is 10.0 Å². The molecule has 0 atom stereocenters. The van der Waals surface area contributed by atoms with Crippen molar-refractivity contribution in [3.05, 3.63) is 10.4 Å². The fourth-order valence-corrected chi connectivity index (χ4v) is 2.83. The number of azide groups is 1. The molecule has 0 saturated carbocycles. The second-order valence-corrected chi connectivity index (χ2v) is 8.45. The maximum atomic E-state index is 10.3. The Hall–Kier alpha value is -1.70. The molecular weight excluding hydrogens is 590 g/mol. The van der Waals surface area contributed by atoms with Gasteiger partial charge in [-0.25, -0.2) is 0 Å². The van der Waals surface area contributed by atoms with Crippen LogP contribution in [0, 0.1) is 0 Å². The van der Waals surface area contributed by atoms with Gasteiger partial charge < -0.3 is 61.9 Å². The minimum Gasteiger partial charge on any atom is -0.481 e. The fourth-order valence-electron chi connectivity index (χ4n) is 2.83. The van der Waals surface area contributed by atoms with Crippen molar-refractivity contribution in [1.82, 2.24) is 0 Å². The highest BCUT2D eigenvalue weighted by atomic mass is 16.6. The standard InChI is InChI=1S/C27H53N3O14/c28-30-29-2-4-34-6-8-36-10-12-38-14-16-40-18-20-42-22-24-44-26-25-43-23-21-41-19-17-39-15-13-37-11-9-35-7-5-33-3-1-27(31)32/h1-26H2,(H,31,32). The predicted molar refractivity (Wildman–Crippen MR) is 156 cm³/mol. The molecule has 17 heteroatoms. The van der Waals surface area contributed by atoms with Gasteiger partial charge in [0.05, 0.1) is 165 Å². The number of hydrogen-bond donors (Lipinski definition) is 1. The van der Waals surface area contributed by atoms with E-state index in [1.807, 2.05) is 0 Å². The Bertz CT molecular complexity index is 595. The van der Waals surface area contributed by atoms with Crippen LogP contribution >= 0.6 is 0 Å². The lowest BCUT2D eigenvalue weighted by atomic mass is 10.5. The minimum atomic E-state index is -0.877. The van der Waals surface area contributed by atoms with Gasteiger partial charge in [0.15, 0.2) is 0 Å². The summed E-state index contributed by atoms with van der Waals surface area (Å²) in [5.74, 6) is -0.877. The zero-order valence-electron chi connectivity index (χ0n) is 26.0. The van der Waals surface area contributed by atoms with Crippen molar-refractivity contribution in [1.29, 1.82) is 0 Å². The molecule has 44 heavy (non-hydrogen) atoms. The Labute approximate surface area is 260 Å². The Morgan fingerprint density at radius 1 is 0.409 bits per heavy atom. The monoisotopic (exact) mass is 643 g/mol. The van der Waals surface area contributed by atoms with Gasteiger partial charge >= 0.3 is 5.97 Å². The Morgan fingerprint density at radius 2 is 0.614 bits per heavy atom. The van der Waals surface area contributed by atoms with Crippen LogP contribution in [-0.2, 0) is 61.6 Å². The van der Waals surface area contributed by atoms with E-state index < -0.39 is 5.97 Å². The summed E-state index contributed by atoms with van der Waals surface area (Å²) in [5.41, 5.74) is 8.13. The van der Waals surface area contributed by atoms with E-state index in [0.717, 1.165) is 0 Å². The number of ether oxygens (including phenoxy) is 12. The lowest BCUT2D eigenvalue weighted by Gasteiger charge is -2.09. The van der Waals surface area contributed by atoms with E-state index in [0.29, 0.717) is 159 Å². The minimum absolute atomic E-state index is 0.00515. The van der Waals surface area contributed by atoms with Gasteiger partial charge in [-0.1, -0.05) is 5.11 Å². The lowest BCUT2D eigenvalue weighted by molar-refractivity contribution is -0.138. The number of nitrogens with zero attached hydrogens (tertiary/aromatic N) is 3. The largest absolute Gasteiger partial charge is 0.481 e. The smallest absolute Gasteiger partial charge is 0.305 e. The van der Waals surface area contributed by atoms with Gasteiger partial charge in [-0.15, -0.1) is 0 Å². The number of rotatable bonds is 39. The molecule has 0 saturated heterocycles. The molecular formula is C27H53N3O14. The summed E-state index contributed by atoms with van der Waals surface area (Å²) in [6.45, 7) is 11.2. The van der Waals surface area contributed by atoms with Crippen LogP contribution in [0.2, 0.25) is 0 Å². The maximum absolute atomic E-state index is 10.3. The molecule has 0 heterocycles. The van der Waals surface area contributed by atoms with Crippen LogP contribution in [0.3, 0.4) is 0 Å². The molecule has 0 aromatic heterocycles. The molecule has 0 unspecified atom stereocenters. The third-order valence-electron chi connectivity index (χ3n) is 4.95. The molecule has 260 valence electrons. The molecule has 0 radical (unpaired) electrons. The molecule has 0 aromatic rings. The molecule has 0 aromatic carbocycles. The first-order chi connectivity index (χ1) is 21.8. The molecule has 17 nitrogen and oxygen atoms in total. The summed E-state index contributed by atoms with van der Waals surface area (Å²) >= 11 is 0. The van der Waals surface area contributed by atoms with Crippen molar-refractivity contribution in [3.8, 4) is 0 Å². The summed E-state index contributed by atoms with van der Waals surface area (Å²) < 4.78 is 64.4. The third-order valence-corrected chi connectivity index (χ3v) is 4.95. The van der Waals surface area contributed by atoms with Crippen LogP contribution in [0.15, 0.2) is 5.11 Å². The predicted octanol–water partition coefficient (Wildman–Crippen LogP) is 0.971. The summed E-state index contributed by atoms with van der Waals surface area (Å²) in [5, 5.41) is 11.8. The van der Waals surface area contributed by atoms with E-state index in [-0.39, 0.29) is 13.0 Å². The molecule has 0 bridgehead atoms. The number of carboxylic acids is 1. The molecule has 0 aliphatic carbocycles. The molecule has 0 amide bonds. The van der Waals surface area contributed by atoms with E-state index in [9.17, 15) is 4.79 Å². The SMILES string of the molecule is [N-]=[N+]=NCCOCCOCCOCCOCCOCCOCCOCCOCCOCCOCCOCCOCCC(=O)O. The van der Waals surface area contributed by atoms with Crippen molar-refractivity contribution in [2.24, 2.45) is 5.11 Å². The second-order valence-electron chi connectivity index (χ2n) is 8.45.